The largest absolute Gasteiger partial charge is 0.481 e. The van der Waals surface area contributed by atoms with Crippen molar-refractivity contribution in [2.45, 2.75) is 37.9 Å². The van der Waals surface area contributed by atoms with Gasteiger partial charge in [0.05, 0.1) is 18.8 Å². The van der Waals surface area contributed by atoms with Crippen LogP contribution in [0, 0.1) is 0 Å². The number of hydrogen-bond donors (Lipinski definition) is 6. The summed E-state index contributed by atoms with van der Waals surface area (Å²) in [5, 5.41) is 22.4. The molecule has 132 valence electrons. The Morgan fingerprint density at radius 1 is 1.21 bits per heavy atom. The van der Waals surface area contributed by atoms with Crippen molar-refractivity contribution in [3.8, 4) is 0 Å². The average Bonchev–Trinajstić information content (AvgIpc) is 2.97. The Labute approximate surface area is 136 Å². The van der Waals surface area contributed by atoms with E-state index in [0.717, 1.165) is 0 Å². The Kier molecular flexibility index (Phi) is 6.86. The summed E-state index contributed by atoms with van der Waals surface area (Å²) >= 11 is 0. The van der Waals surface area contributed by atoms with Gasteiger partial charge in [0.15, 0.2) is 0 Å². The predicted octanol–water partition coefficient (Wildman–Crippen LogP) is -2.17. The Morgan fingerprint density at radius 3 is 2.29 bits per heavy atom. The van der Waals surface area contributed by atoms with Gasteiger partial charge in [0.1, 0.15) is 12.1 Å². The number of amides is 2. The van der Waals surface area contributed by atoms with E-state index in [1.165, 1.54) is 19.4 Å². The molecule has 0 fully saturated rings. The molecule has 0 radical (unpaired) electrons. The number of hydrogen-bond acceptors (Lipinski definition) is 6. The van der Waals surface area contributed by atoms with Crippen LogP contribution in [0.1, 0.15) is 19.0 Å². The monoisotopic (exact) mass is 341 g/mol. The summed E-state index contributed by atoms with van der Waals surface area (Å²) in [7, 11) is 0. The van der Waals surface area contributed by atoms with Gasteiger partial charge in [0, 0.05) is 18.3 Å². The minimum absolute atomic E-state index is 0.0812. The number of rotatable bonds is 9. The number of imidazole rings is 1. The molecule has 0 saturated carbocycles. The van der Waals surface area contributed by atoms with Crippen LogP contribution >= 0.6 is 0 Å². The topological polar surface area (TPSA) is 188 Å². The first-order chi connectivity index (χ1) is 11.2. The first-order valence-electron chi connectivity index (χ1n) is 6.99. The molecular weight excluding hydrogens is 322 g/mol. The van der Waals surface area contributed by atoms with Gasteiger partial charge in [0.25, 0.3) is 0 Å². The molecule has 3 atom stereocenters. The lowest BCUT2D eigenvalue weighted by Crippen LogP contribution is -2.55. The van der Waals surface area contributed by atoms with E-state index in [-0.39, 0.29) is 6.42 Å². The van der Waals surface area contributed by atoms with Crippen LogP contribution in [-0.2, 0) is 25.6 Å². The maximum Gasteiger partial charge on any atom is 0.326 e. The lowest BCUT2D eigenvalue weighted by Gasteiger charge is -2.21. The molecule has 1 aromatic heterocycles. The Balaban J connectivity index is 2.80. The number of aliphatic carboxylic acids is 2. The number of aromatic amines is 1. The summed E-state index contributed by atoms with van der Waals surface area (Å²) in [5.74, 6) is -4.30. The van der Waals surface area contributed by atoms with Gasteiger partial charge in [0.2, 0.25) is 11.8 Å². The normalized spacial score (nSPS) is 14.2. The molecule has 24 heavy (non-hydrogen) atoms. The van der Waals surface area contributed by atoms with Crippen LogP contribution in [0.5, 0.6) is 0 Å². The van der Waals surface area contributed by atoms with Crippen LogP contribution in [0.3, 0.4) is 0 Å². The van der Waals surface area contributed by atoms with Crippen LogP contribution in [-0.4, -0.2) is 62.1 Å². The molecule has 1 heterocycles. The number of nitrogens with zero attached hydrogens (tertiary/aromatic N) is 1. The summed E-state index contributed by atoms with van der Waals surface area (Å²) in [6, 6.07) is -3.71. The Hall–Kier alpha value is -2.95. The minimum Gasteiger partial charge on any atom is -0.481 e. The van der Waals surface area contributed by atoms with Crippen molar-refractivity contribution in [1.82, 2.24) is 20.6 Å². The molecule has 0 bridgehead atoms. The standard InChI is InChI=1S/C13H19N5O6/c1-6(14)11(21)17-8(3-10(19)20)12(22)18-9(13(23)24)2-7-4-15-5-16-7/h4-6,8-9H,2-3,14H2,1H3,(H,15,16)(H,17,21)(H,18,22)(H,19,20)(H,23,24). The zero-order chi connectivity index (χ0) is 18.3. The Morgan fingerprint density at radius 2 is 1.83 bits per heavy atom. The summed E-state index contributed by atoms with van der Waals surface area (Å²) < 4.78 is 0. The van der Waals surface area contributed by atoms with Crippen molar-refractivity contribution in [3.05, 3.63) is 18.2 Å². The number of carbonyl (C=O) groups is 4. The predicted molar refractivity (Wildman–Crippen MR) is 79.7 cm³/mol. The molecule has 1 rings (SSSR count). The summed E-state index contributed by atoms with van der Waals surface area (Å²) in [6.07, 6.45) is 1.96. The Bertz CT molecular complexity index is 600. The van der Waals surface area contributed by atoms with E-state index < -0.39 is 48.3 Å². The highest BCUT2D eigenvalue weighted by atomic mass is 16.4. The van der Waals surface area contributed by atoms with Crippen LogP contribution in [0.25, 0.3) is 0 Å². The SMILES string of the molecule is CC(N)C(=O)NC(CC(=O)O)C(=O)NC(Cc1cnc[nH]1)C(=O)O. The molecule has 0 saturated heterocycles. The lowest BCUT2D eigenvalue weighted by molar-refractivity contribution is -0.143. The molecular formula is C13H19N5O6. The van der Waals surface area contributed by atoms with Crippen LogP contribution in [0.15, 0.2) is 12.5 Å². The van der Waals surface area contributed by atoms with Gasteiger partial charge in [-0.15, -0.1) is 0 Å². The van der Waals surface area contributed by atoms with Gasteiger partial charge in [-0.3, -0.25) is 14.4 Å². The second-order valence-corrected chi connectivity index (χ2v) is 5.13. The fourth-order valence-corrected chi connectivity index (χ4v) is 1.78. The third-order valence-corrected chi connectivity index (χ3v) is 3.02. The number of carbonyl (C=O) groups excluding carboxylic acids is 2. The van der Waals surface area contributed by atoms with E-state index in [4.69, 9.17) is 10.8 Å². The maximum atomic E-state index is 12.2. The molecule has 0 aliphatic carbocycles. The molecule has 2 amide bonds. The first-order valence-corrected chi connectivity index (χ1v) is 6.99. The number of carboxylic acid groups (broad SMARTS) is 2. The van der Waals surface area contributed by atoms with E-state index in [1.807, 2.05) is 0 Å². The molecule has 0 aliphatic heterocycles. The van der Waals surface area contributed by atoms with E-state index in [2.05, 4.69) is 20.6 Å². The zero-order valence-electron chi connectivity index (χ0n) is 12.9. The van der Waals surface area contributed by atoms with Gasteiger partial charge < -0.3 is 31.6 Å². The summed E-state index contributed by atoms with van der Waals surface area (Å²) in [5.41, 5.74) is 5.83. The molecule has 3 unspecified atom stereocenters. The lowest BCUT2D eigenvalue weighted by atomic mass is 10.1. The molecule has 0 aromatic carbocycles. The third kappa shape index (κ3) is 6.04. The maximum absolute atomic E-state index is 12.2. The van der Waals surface area contributed by atoms with E-state index in [9.17, 15) is 24.3 Å². The number of aromatic nitrogens is 2. The van der Waals surface area contributed by atoms with E-state index in [0.29, 0.717) is 5.69 Å². The smallest absolute Gasteiger partial charge is 0.326 e. The summed E-state index contributed by atoms with van der Waals surface area (Å²) in [4.78, 5) is 52.3. The van der Waals surface area contributed by atoms with Crippen molar-refractivity contribution in [3.63, 3.8) is 0 Å². The van der Waals surface area contributed by atoms with Gasteiger partial charge in [-0.25, -0.2) is 9.78 Å². The molecule has 0 spiro atoms. The van der Waals surface area contributed by atoms with Crippen molar-refractivity contribution in [2.75, 3.05) is 0 Å². The van der Waals surface area contributed by atoms with Crippen LogP contribution in [0.2, 0.25) is 0 Å². The fourth-order valence-electron chi connectivity index (χ4n) is 1.78. The summed E-state index contributed by atoms with van der Waals surface area (Å²) in [6.45, 7) is 1.36. The molecule has 11 nitrogen and oxygen atoms in total. The van der Waals surface area contributed by atoms with Crippen molar-refractivity contribution in [1.29, 1.82) is 0 Å². The third-order valence-electron chi connectivity index (χ3n) is 3.02. The fraction of sp³-hybridized carbons (Fsp3) is 0.462. The highest BCUT2D eigenvalue weighted by Gasteiger charge is 2.29. The molecule has 1 aromatic rings. The minimum atomic E-state index is -1.44. The van der Waals surface area contributed by atoms with Gasteiger partial charge in [-0.05, 0) is 6.92 Å². The number of nitrogens with one attached hydrogen (secondary N) is 3. The second kappa shape index (κ2) is 8.62. The van der Waals surface area contributed by atoms with E-state index in [1.54, 1.807) is 0 Å². The van der Waals surface area contributed by atoms with Crippen molar-refractivity contribution < 1.29 is 29.4 Å². The highest BCUT2D eigenvalue weighted by molar-refractivity contribution is 5.93. The first kappa shape index (κ1) is 19.1. The van der Waals surface area contributed by atoms with Gasteiger partial charge in [-0.1, -0.05) is 0 Å². The number of nitrogens with two attached hydrogens (primary N) is 1. The van der Waals surface area contributed by atoms with E-state index >= 15 is 0 Å². The molecule has 7 N–H and O–H groups in total. The zero-order valence-corrected chi connectivity index (χ0v) is 12.9. The van der Waals surface area contributed by atoms with Crippen LogP contribution < -0.4 is 16.4 Å². The quantitative estimate of drug-likeness (QED) is 0.292. The highest BCUT2D eigenvalue weighted by Crippen LogP contribution is 2.01. The molecule has 11 heteroatoms. The number of H-pyrrole nitrogens is 1. The average molecular weight is 341 g/mol. The van der Waals surface area contributed by atoms with Crippen molar-refractivity contribution >= 4 is 23.8 Å². The number of carboxylic acids is 2. The van der Waals surface area contributed by atoms with Gasteiger partial charge in [-0.2, -0.15) is 0 Å². The molecule has 0 aliphatic rings. The second-order valence-electron chi connectivity index (χ2n) is 5.13. The van der Waals surface area contributed by atoms with Crippen LogP contribution in [0.4, 0.5) is 0 Å². The van der Waals surface area contributed by atoms with Crippen molar-refractivity contribution in [2.24, 2.45) is 5.73 Å². The van der Waals surface area contributed by atoms with Gasteiger partial charge >= 0.3 is 11.9 Å².